The zero-order valence-corrected chi connectivity index (χ0v) is 17.9. The zero-order chi connectivity index (χ0) is 22.5. The number of anilines is 1. The maximum atomic E-state index is 12.7. The van der Waals surface area contributed by atoms with Crippen LogP contribution in [0.25, 0.3) is 5.65 Å². The highest BCUT2D eigenvalue weighted by Crippen LogP contribution is 2.24. The highest BCUT2D eigenvalue weighted by molar-refractivity contribution is 5.92. The molecule has 0 atom stereocenters. The number of benzene rings is 1. The first-order chi connectivity index (χ1) is 15.6. The van der Waals surface area contributed by atoms with Gasteiger partial charge in [0, 0.05) is 30.2 Å². The average molecular weight is 429 g/mol. The molecule has 0 aliphatic heterocycles. The fourth-order valence-corrected chi connectivity index (χ4v) is 3.58. The van der Waals surface area contributed by atoms with Gasteiger partial charge in [-0.3, -0.25) is 4.79 Å². The molecule has 0 bridgehead atoms. The van der Waals surface area contributed by atoms with Crippen LogP contribution >= 0.6 is 0 Å². The lowest BCUT2D eigenvalue weighted by molar-refractivity contribution is -0.116. The Morgan fingerprint density at radius 3 is 2.91 bits per heavy atom. The number of aromatic nitrogens is 5. The van der Waals surface area contributed by atoms with Crippen LogP contribution < -0.4 is 10.1 Å². The van der Waals surface area contributed by atoms with Crippen molar-refractivity contribution in [1.82, 2.24) is 24.1 Å². The van der Waals surface area contributed by atoms with Gasteiger partial charge in [-0.15, -0.1) is 0 Å². The highest BCUT2D eigenvalue weighted by Gasteiger charge is 2.15. The lowest BCUT2D eigenvalue weighted by Gasteiger charge is -2.14. The number of amides is 1. The van der Waals surface area contributed by atoms with E-state index in [1.54, 1.807) is 17.0 Å². The Bertz CT molecular complexity index is 1290. The molecular formula is C23H23N7O2. The maximum absolute atomic E-state index is 12.7. The normalized spacial score (nSPS) is 10.8. The monoisotopic (exact) mass is 429 g/mol. The molecule has 0 spiro atoms. The lowest BCUT2D eigenvalue weighted by atomic mass is 10.1. The molecule has 0 aliphatic rings. The Morgan fingerprint density at radius 2 is 2.12 bits per heavy atom. The molecule has 9 nitrogen and oxygen atoms in total. The maximum Gasteiger partial charge on any atom is 0.224 e. The SMILES string of the molecule is Cc1nc2c(C#N)cnn2c(C)c1CCC(=O)Nc1ccccc1OCCn1ccnc1. The number of nitrogens with one attached hydrogen (secondary N) is 1. The van der Waals surface area contributed by atoms with Crippen LogP contribution in [0.5, 0.6) is 5.75 Å². The zero-order valence-electron chi connectivity index (χ0n) is 17.9. The van der Waals surface area contributed by atoms with Gasteiger partial charge in [0.2, 0.25) is 5.91 Å². The summed E-state index contributed by atoms with van der Waals surface area (Å²) in [5.41, 5.74) is 4.23. The molecule has 0 unspecified atom stereocenters. The summed E-state index contributed by atoms with van der Waals surface area (Å²) >= 11 is 0. The summed E-state index contributed by atoms with van der Waals surface area (Å²) in [6.45, 7) is 4.93. The van der Waals surface area contributed by atoms with Gasteiger partial charge in [-0.2, -0.15) is 10.4 Å². The van der Waals surface area contributed by atoms with Crippen LogP contribution in [0.15, 0.2) is 49.2 Å². The number of para-hydroxylation sites is 2. The van der Waals surface area contributed by atoms with E-state index in [0.29, 0.717) is 42.2 Å². The first-order valence-corrected chi connectivity index (χ1v) is 10.3. The number of rotatable bonds is 8. The number of carbonyl (C=O) groups excluding carboxylic acids is 1. The standard InChI is InChI=1S/C23H23N7O2/c1-16-19(17(2)30-23(27-16)18(13-24)14-26-30)7-8-22(31)28-20-5-3-4-6-21(20)32-12-11-29-10-9-25-15-29/h3-6,9-10,14-15H,7-8,11-12H2,1-2H3,(H,28,31). The minimum absolute atomic E-state index is 0.118. The number of nitriles is 1. The van der Waals surface area contributed by atoms with Crippen molar-refractivity contribution >= 4 is 17.2 Å². The van der Waals surface area contributed by atoms with Crippen LogP contribution in [-0.2, 0) is 17.8 Å². The van der Waals surface area contributed by atoms with Crippen molar-refractivity contribution in [3.05, 3.63) is 71.7 Å². The van der Waals surface area contributed by atoms with E-state index in [4.69, 9.17) is 4.74 Å². The summed E-state index contributed by atoms with van der Waals surface area (Å²) in [6, 6.07) is 9.48. The summed E-state index contributed by atoms with van der Waals surface area (Å²) in [7, 11) is 0. The second-order valence-corrected chi connectivity index (χ2v) is 7.36. The number of ether oxygens (including phenoxy) is 1. The van der Waals surface area contributed by atoms with Crippen molar-refractivity contribution in [2.24, 2.45) is 0 Å². The first kappa shape index (κ1) is 21.1. The van der Waals surface area contributed by atoms with E-state index in [9.17, 15) is 10.1 Å². The molecule has 1 N–H and O–H groups in total. The van der Waals surface area contributed by atoms with Crippen LogP contribution in [0.4, 0.5) is 5.69 Å². The summed E-state index contributed by atoms with van der Waals surface area (Å²) in [4.78, 5) is 21.2. The van der Waals surface area contributed by atoms with Gasteiger partial charge in [-0.05, 0) is 38.0 Å². The molecule has 9 heteroatoms. The minimum Gasteiger partial charge on any atom is -0.490 e. The molecule has 32 heavy (non-hydrogen) atoms. The third-order valence-corrected chi connectivity index (χ3v) is 5.26. The van der Waals surface area contributed by atoms with Crippen LogP contribution in [0.3, 0.4) is 0 Å². The Labute approximate surface area is 185 Å². The molecule has 4 rings (SSSR count). The number of nitrogens with zero attached hydrogens (tertiary/aromatic N) is 6. The van der Waals surface area contributed by atoms with Gasteiger partial charge in [0.1, 0.15) is 24.0 Å². The highest BCUT2D eigenvalue weighted by atomic mass is 16.5. The molecular weight excluding hydrogens is 406 g/mol. The van der Waals surface area contributed by atoms with Gasteiger partial charge in [-0.25, -0.2) is 14.5 Å². The van der Waals surface area contributed by atoms with Gasteiger partial charge in [-0.1, -0.05) is 12.1 Å². The molecule has 0 saturated carbocycles. The quantitative estimate of drug-likeness (QED) is 0.461. The van der Waals surface area contributed by atoms with E-state index in [1.807, 2.05) is 48.9 Å². The number of hydrogen-bond donors (Lipinski definition) is 1. The second-order valence-electron chi connectivity index (χ2n) is 7.36. The van der Waals surface area contributed by atoms with E-state index < -0.39 is 0 Å². The van der Waals surface area contributed by atoms with Crippen molar-refractivity contribution < 1.29 is 9.53 Å². The number of hydrogen-bond acceptors (Lipinski definition) is 6. The Morgan fingerprint density at radius 1 is 1.28 bits per heavy atom. The smallest absolute Gasteiger partial charge is 0.224 e. The van der Waals surface area contributed by atoms with E-state index >= 15 is 0 Å². The molecule has 4 aromatic rings. The molecule has 3 aromatic heterocycles. The summed E-state index contributed by atoms with van der Waals surface area (Å²) in [5, 5.41) is 16.4. The largest absolute Gasteiger partial charge is 0.490 e. The van der Waals surface area contributed by atoms with Crippen molar-refractivity contribution in [2.45, 2.75) is 33.2 Å². The van der Waals surface area contributed by atoms with E-state index in [0.717, 1.165) is 17.0 Å². The van der Waals surface area contributed by atoms with Gasteiger partial charge >= 0.3 is 0 Å². The Hall–Kier alpha value is -4.19. The van der Waals surface area contributed by atoms with Gasteiger partial charge < -0.3 is 14.6 Å². The Kier molecular flexibility index (Phi) is 6.12. The average Bonchev–Trinajstić information content (AvgIpc) is 3.44. The van der Waals surface area contributed by atoms with Crippen molar-refractivity contribution in [1.29, 1.82) is 5.26 Å². The number of fused-ring (bicyclic) bond motifs is 1. The van der Waals surface area contributed by atoms with Crippen molar-refractivity contribution in [3.8, 4) is 11.8 Å². The fourth-order valence-electron chi connectivity index (χ4n) is 3.58. The summed E-state index contributed by atoms with van der Waals surface area (Å²) in [5.74, 6) is 0.504. The molecule has 0 saturated heterocycles. The first-order valence-electron chi connectivity index (χ1n) is 10.3. The topological polar surface area (TPSA) is 110 Å². The number of aryl methyl sites for hydroxylation is 2. The number of imidazole rings is 1. The van der Waals surface area contributed by atoms with Gasteiger partial charge in [0.15, 0.2) is 5.65 Å². The number of carbonyl (C=O) groups is 1. The molecule has 162 valence electrons. The second kappa shape index (κ2) is 9.31. The molecule has 0 aliphatic carbocycles. The molecule has 0 fully saturated rings. The Balaban J connectivity index is 1.40. The van der Waals surface area contributed by atoms with E-state index in [-0.39, 0.29) is 12.3 Å². The van der Waals surface area contributed by atoms with Crippen molar-refractivity contribution in [3.63, 3.8) is 0 Å². The van der Waals surface area contributed by atoms with Crippen LogP contribution in [-0.4, -0.2) is 36.7 Å². The predicted molar refractivity (Wildman–Crippen MR) is 118 cm³/mol. The molecule has 0 radical (unpaired) electrons. The minimum atomic E-state index is -0.118. The predicted octanol–water partition coefficient (Wildman–Crippen LogP) is 3.06. The third-order valence-electron chi connectivity index (χ3n) is 5.26. The fraction of sp³-hybridized carbons (Fsp3) is 0.261. The van der Waals surface area contributed by atoms with Crippen LogP contribution in [0, 0.1) is 25.2 Å². The van der Waals surface area contributed by atoms with Crippen molar-refractivity contribution in [2.75, 3.05) is 11.9 Å². The molecule has 1 amide bonds. The van der Waals surface area contributed by atoms with Gasteiger partial charge in [0.05, 0.1) is 24.8 Å². The van der Waals surface area contributed by atoms with Gasteiger partial charge in [0.25, 0.3) is 0 Å². The van der Waals surface area contributed by atoms with Crippen LogP contribution in [0.2, 0.25) is 0 Å². The molecule has 3 heterocycles. The summed E-state index contributed by atoms with van der Waals surface area (Å²) < 4.78 is 9.44. The summed E-state index contributed by atoms with van der Waals surface area (Å²) in [6.07, 6.45) is 7.63. The molecule has 1 aromatic carbocycles. The van der Waals surface area contributed by atoms with Crippen LogP contribution in [0.1, 0.15) is 28.9 Å². The van der Waals surface area contributed by atoms with E-state index in [2.05, 4.69) is 26.5 Å². The lowest BCUT2D eigenvalue weighted by Crippen LogP contribution is -2.15. The van der Waals surface area contributed by atoms with E-state index in [1.165, 1.54) is 6.20 Å². The third kappa shape index (κ3) is 4.44.